The van der Waals surface area contributed by atoms with Gasteiger partial charge in [0.2, 0.25) is 11.8 Å². The molecule has 0 spiro atoms. The van der Waals surface area contributed by atoms with E-state index in [9.17, 15) is 24.3 Å². The number of allylic oxidation sites excluding steroid dienone is 1. The summed E-state index contributed by atoms with van der Waals surface area (Å²) in [6.45, 7) is 18.5. The fourth-order valence-electron chi connectivity index (χ4n) is 4.60. The molecule has 1 saturated heterocycles. The Balaban J connectivity index is 2.21. The monoisotopic (exact) mass is 520 g/mol. The lowest BCUT2D eigenvalue weighted by atomic mass is 9.85. The van der Waals surface area contributed by atoms with Crippen LogP contribution in [-0.2, 0) is 19.1 Å². The second kappa shape index (κ2) is 12.1. The fourth-order valence-corrected chi connectivity index (χ4v) is 4.60. The molecule has 0 radical (unpaired) electrons. The smallest absolute Gasteiger partial charge is 0.408 e. The number of likely N-dealkylation sites (tertiary alicyclic amines) is 1. The van der Waals surface area contributed by atoms with Crippen LogP contribution < -0.4 is 16.0 Å². The Morgan fingerprint density at radius 2 is 1.73 bits per heavy atom. The molecular weight excluding hydrogens is 476 g/mol. The van der Waals surface area contributed by atoms with E-state index in [0.29, 0.717) is 19.4 Å². The van der Waals surface area contributed by atoms with Gasteiger partial charge in [-0.2, -0.15) is 0 Å². The largest absolute Gasteiger partial charge is 0.444 e. The van der Waals surface area contributed by atoms with Crippen LogP contribution in [0, 0.1) is 17.3 Å². The second-order valence-electron chi connectivity index (χ2n) is 12.0. The number of aliphatic hydroxyl groups is 1. The van der Waals surface area contributed by atoms with Crippen molar-refractivity contribution >= 4 is 23.8 Å². The molecule has 1 saturated carbocycles. The maximum Gasteiger partial charge on any atom is 0.408 e. The predicted octanol–water partition coefficient (Wildman–Crippen LogP) is 1.89. The topological polar surface area (TPSA) is 137 Å². The molecule has 1 heterocycles. The number of aliphatic hydroxyl groups excluding tert-OH is 1. The molecule has 1 aliphatic carbocycles. The van der Waals surface area contributed by atoms with Crippen molar-refractivity contribution in [1.82, 2.24) is 20.9 Å². The van der Waals surface area contributed by atoms with Crippen LogP contribution in [0.3, 0.4) is 0 Å². The molecule has 2 aliphatic rings. The van der Waals surface area contributed by atoms with E-state index in [1.165, 1.54) is 11.0 Å². The number of nitrogens with zero attached hydrogens (tertiary/aromatic N) is 1. The standard InChI is InChI=1S/C27H44N4O6/c1-9-11-12-18(20(32)23(34)28-13-10-2)29-22(33)19-17-14-16(17)15-31(19)24(35)21(26(3,4)5)30-25(36)37-27(6,7)8/h9-10,16-21,32H,1-2,11-15H2,3-8H3,(H,28,34)(H,29,33)(H,30,36)/t16?,17?,18?,19-,20?,21+/m0/s1. The summed E-state index contributed by atoms with van der Waals surface area (Å²) < 4.78 is 5.37. The molecule has 4 amide bonds. The number of amides is 4. The summed E-state index contributed by atoms with van der Waals surface area (Å²) in [6.07, 6.45) is 2.56. The summed E-state index contributed by atoms with van der Waals surface area (Å²) in [5.74, 6) is -1.20. The van der Waals surface area contributed by atoms with Crippen LogP contribution >= 0.6 is 0 Å². The van der Waals surface area contributed by atoms with Crippen molar-refractivity contribution in [2.75, 3.05) is 13.1 Å². The van der Waals surface area contributed by atoms with Crippen molar-refractivity contribution in [3.63, 3.8) is 0 Å². The third kappa shape index (κ3) is 8.31. The van der Waals surface area contributed by atoms with E-state index in [0.717, 1.165) is 6.42 Å². The SMILES string of the molecule is C=CCCC(NC(=O)[C@@H]1C2CC2CN1C(=O)[C@@H](NC(=O)OC(C)(C)C)C(C)(C)C)C(O)C(=O)NCC=C. The minimum absolute atomic E-state index is 0.00196. The lowest BCUT2D eigenvalue weighted by molar-refractivity contribution is -0.144. The number of alkyl carbamates (subject to hydrolysis) is 1. The van der Waals surface area contributed by atoms with Gasteiger partial charge in [0.25, 0.3) is 5.91 Å². The zero-order valence-corrected chi connectivity index (χ0v) is 23.0. The Morgan fingerprint density at radius 3 is 2.27 bits per heavy atom. The van der Waals surface area contributed by atoms with Crippen LogP contribution in [0.1, 0.15) is 60.8 Å². The third-order valence-electron chi connectivity index (χ3n) is 6.56. The van der Waals surface area contributed by atoms with E-state index in [1.807, 2.05) is 20.8 Å². The number of nitrogens with one attached hydrogen (secondary N) is 3. The van der Waals surface area contributed by atoms with Gasteiger partial charge in [0.05, 0.1) is 6.04 Å². The minimum atomic E-state index is -1.47. The van der Waals surface area contributed by atoms with Crippen molar-refractivity contribution in [2.24, 2.45) is 17.3 Å². The molecule has 4 unspecified atom stereocenters. The van der Waals surface area contributed by atoms with Crippen LogP contribution in [-0.4, -0.2) is 76.7 Å². The van der Waals surface area contributed by atoms with Gasteiger partial charge in [-0.05, 0) is 57.3 Å². The molecule has 37 heavy (non-hydrogen) atoms. The first-order chi connectivity index (χ1) is 17.1. The van der Waals surface area contributed by atoms with E-state index in [4.69, 9.17) is 4.74 Å². The highest BCUT2D eigenvalue weighted by Gasteiger charge is 2.58. The molecule has 0 aromatic heterocycles. The van der Waals surface area contributed by atoms with Gasteiger partial charge in [0.15, 0.2) is 6.10 Å². The first-order valence-electron chi connectivity index (χ1n) is 12.9. The zero-order valence-electron chi connectivity index (χ0n) is 23.0. The summed E-state index contributed by atoms with van der Waals surface area (Å²) in [6, 6.07) is -2.53. The van der Waals surface area contributed by atoms with Crippen molar-refractivity contribution in [3.05, 3.63) is 25.3 Å². The zero-order chi connectivity index (χ0) is 28.1. The first kappa shape index (κ1) is 30.3. The summed E-state index contributed by atoms with van der Waals surface area (Å²) in [7, 11) is 0. The van der Waals surface area contributed by atoms with E-state index >= 15 is 0 Å². The molecule has 10 heteroatoms. The average Bonchev–Trinajstić information content (AvgIpc) is 3.44. The number of carbonyl (C=O) groups excluding carboxylic acids is 4. The normalized spacial score (nSPS) is 23.1. The highest BCUT2D eigenvalue weighted by atomic mass is 16.6. The fraction of sp³-hybridized carbons (Fsp3) is 0.704. The van der Waals surface area contributed by atoms with Gasteiger partial charge in [0.1, 0.15) is 17.7 Å². The summed E-state index contributed by atoms with van der Waals surface area (Å²) >= 11 is 0. The Hall–Kier alpha value is -2.88. The van der Waals surface area contributed by atoms with Gasteiger partial charge < -0.3 is 30.7 Å². The highest BCUT2D eigenvalue weighted by molar-refractivity contribution is 5.93. The van der Waals surface area contributed by atoms with E-state index in [1.54, 1.807) is 26.8 Å². The average molecular weight is 521 g/mol. The van der Waals surface area contributed by atoms with Crippen molar-refractivity contribution in [2.45, 2.75) is 90.6 Å². The summed E-state index contributed by atoms with van der Waals surface area (Å²) in [5, 5.41) is 18.7. The predicted molar refractivity (Wildman–Crippen MR) is 140 cm³/mol. The van der Waals surface area contributed by atoms with Gasteiger partial charge in [0, 0.05) is 13.1 Å². The number of ether oxygens (including phenoxy) is 1. The molecule has 0 bridgehead atoms. The molecule has 10 nitrogen and oxygen atoms in total. The van der Waals surface area contributed by atoms with Crippen LogP contribution in [0.4, 0.5) is 4.79 Å². The maximum atomic E-state index is 13.7. The molecule has 2 fully saturated rings. The van der Waals surface area contributed by atoms with Gasteiger partial charge in [-0.1, -0.05) is 32.9 Å². The van der Waals surface area contributed by atoms with Crippen LogP contribution in [0.25, 0.3) is 0 Å². The van der Waals surface area contributed by atoms with E-state index < -0.39 is 53.2 Å². The first-order valence-corrected chi connectivity index (χ1v) is 12.9. The minimum Gasteiger partial charge on any atom is -0.444 e. The third-order valence-corrected chi connectivity index (χ3v) is 6.56. The van der Waals surface area contributed by atoms with E-state index in [-0.39, 0.29) is 24.3 Å². The highest BCUT2D eigenvalue weighted by Crippen LogP contribution is 2.50. The Labute approximate surface area is 220 Å². The van der Waals surface area contributed by atoms with Crippen molar-refractivity contribution < 1.29 is 29.0 Å². The molecule has 0 aromatic rings. The molecule has 0 aromatic carbocycles. The van der Waals surface area contributed by atoms with Crippen LogP contribution in [0.15, 0.2) is 25.3 Å². The number of fused-ring (bicyclic) bond motifs is 1. The molecule has 1 aliphatic heterocycles. The number of carbonyl (C=O) groups is 4. The van der Waals surface area contributed by atoms with Gasteiger partial charge in [-0.15, -0.1) is 13.2 Å². The second-order valence-corrected chi connectivity index (χ2v) is 12.0. The van der Waals surface area contributed by atoms with E-state index in [2.05, 4.69) is 29.1 Å². The molecule has 6 atom stereocenters. The Kier molecular flexibility index (Phi) is 9.93. The Bertz CT molecular complexity index is 890. The molecular formula is C27H44N4O6. The number of rotatable bonds is 11. The number of piperidine rings is 1. The van der Waals surface area contributed by atoms with Gasteiger partial charge in [-0.3, -0.25) is 14.4 Å². The van der Waals surface area contributed by atoms with Crippen molar-refractivity contribution in [1.29, 1.82) is 0 Å². The molecule has 2 rings (SSSR count). The molecule has 208 valence electrons. The number of hydrogen-bond acceptors (Lipinski definition) is 6. The van der Waals surface area contributed by atoms with Gasteiger partial charge >= 0.3 is 6.09 Å². The summed E-state index contributed by atoms with van der Waals surface area (Å²) in [5.41, 5.74) is -1.37. The maximum absolute atomic E-state index is 13.7. The lowest BCUT2D eigenvalue weighted by Gasteiger charge is -2.37. The lowest BCUT2D eigenvalue weighted by Crippen LogP contribution is -2.60. The van der Waals surface area contributed by atoms with Gasteiger partial charge in [-0.25, -0.2) is 4.79 Å². The summed E-state index contributed by atoms with van der Waals surface area (Å²) in [4.78, 5) is 53.6. The Morgan fingerprint density at radius 1 is 1.08 bits per heavy atom. The van der Waals surface area contributed by atoms with Crippen molar-refractivity contribution in [3.8, 4) is 0 Å². The quantitative estimate of drug-likeness (QED) is 0.307. The number of hydrogen-bond donors (Lipinski definition) is 4. The molecule has 4 N–H and O–H groups in total. The van der Waals surface area contributed by atoms with Crippen LogP contribution in [0.2, 0.25) is 0 Å². The van der Waals surface area contributed by atoms with Crippen LogP contribution in [0.5, 0.6) is 0 Å².